The predicted molar refractivity (Wildman–Crippen MR) is 112 cm³/mol. The normalized spacial score (nSPS) is 10.5. The van der Waals surface area contributed by atoms with Crippen LogP contribution in [0, 0.1) is 6.92 Å². The molecule has 5 nitrogen and oxygen atoms in total. The van der Waals surface area contributed by atoms with E-state index >= 15 is 0 Å². The molecule has 0 spiro atoms. The SMILES string of the molecule is COc1ccc(CNC(=O)CCc2csc(-c3cccc(C)c3)n2)cc1OC. The van der Waals surface area contributed by atoms with Gasteiger partial charge in [-0.1, -0.05) is 29.8 Å². The monoisotopic (exact) mass is 396 g/mol. The van der Waals surface area contributed by atoms with Gasteiger partial charge in [-0.05, 0) is 37.1 Å². The molecular weight excluding hydrogens is 372 g/mol. The van der Waals surface area contributed by atoms with Gasteiger partial charge >= 0.3 is 0 Å². The van der Waals surface area contributed by atoms with Crippen LogP contribution in [0.25, 0.3) is 10.6 Å². The summed E-state index contributed by atoms with van der Waals surface area (Å²) in [5.74, 6) is 1.32. The molecular formula is C22H24N2O3S. The Kier molecular flexibility index (Phi) is 6.66. The van der Waals surface area contributed by atoms with Crippen molar-refractivity contribution in [1.29, 1.82) is 0 Å². The number of nitrogens with zero attached hydrogens (tertiary/aromatic N) is 1. The fraction of sp³-hybridized carbons (Fsp3) is 0.273. The Balaban J connectivity index is 1.51. The highest BCUT2D eigenvalue weighted by atomic mass is 32.1. The molecule has 0 bridgehead atoms. The second-order valence-electron chi connectivity index (χ2n) is 6.48. The van der Waals surface area contributed by atoms with Crippen LogP contribution < -0.4 is 14.8 Å². The lowest BCUT2D eigenvalue weighted by molar-refractivity contribution is -0.121. The molecule has 0 aliphatic carbocycles. The molecule has 0 radical (unpaired) electrons. The van der Waals surface area contributed by atoms with Crippen LogP contribution in [0.2, 0.25) is 0 Å². The van der Waals surface area contributed by atoms with Gasteiger partial charge in [0.1, 0.15) is 5.01 Å². The Bertz CT molecular complexity index is 952. The Morgan fingerprint density at radius 3 is 2.68 bits per heavy atom. The van der Waals surface area contributed by atoms with Crippen LogP contribution in [0.15, 0.2) is 47.8 Å². The minimum absolute atomic E-state index is 0.000101. The van der Waals surface area contributed by atoms with Gasteiger partial charge in [0.05, 0.1) is 19.9 Å². The van der Waals surface area contributed by atoms with E-state index in [9.17, 15) is 4.79 Å². The minimum atomic E-state index is -0.000101. The Labute approximate surface area is 169 Å². The second kappa shape index (κ2) is 9.37. The van der Waals surface area contributed by atoms with Gasteiger partial charge in [-0.3, -0.25) is 4.79 Å². The van der Waals surface area contributed by atoms with Gasteiger partial charge < -0.3 is 14.8 Å². The lowest BCUT2D eigenvalue weighted by Crippen LogP contribution is -2.23. The summed E-state index contributed by atoms with van der Waals surface area (Å²) in [4.78, 5) is 16.9. The third-order valence-electron chi connectivity index (χ3n) is 4.36. The number of hydrogen-bond donors (Lipinski definition) is 1. The maximum Gasteiger partial charge on any atom is 0.220 e. The highest BCUT2D eigenvalue weighted by Crippen LogP contribution is 2.27. The third kappa shape index (κ3) is 5.10. The first-order chi connectivity index (χ1) is 13.6. The fourth-order valence-corrected chi connectivity index (χ4v) is 3.70. The molecule has 28 heavy (non-hydrogen) atoms. The molecule has 0 aliphatic rings. The van der Waals surface area contributed by atoms with Gasteiger partial charge in [-0.25, -0.2) is 4.98 Å². The van der Waals surface area contributed by atoms with Crippen molar-refractivity contribution in [3.05, 3.63) is 64.7 Å². The Hall–Kier alpha value is -2.86. The van der Waals surface area contributed by atoms with Crippen molar-refractivity contribution in [2.75, 3.05) is 14.2 Å². The Morgan fingerprint density at radius 1 is 1.11 bits per heavy atom. The number of aryl methyl sites for hydroxylation is 2. The predicted octanol–water partition coefficient (Wildman–Crippen LogP) is 4.38. The van der Waals surface area contributed by atoms with E-state index in [-0.39, 0.29) is 5.91 Å². The lowest BCUT2D eigenvalue weighted by atomic mass is 10.1. The van der Waals surface area contributed by atoms with E-state index in [0.29, 0.717) is 30.9 Å². The topological polar surface area (TPSA) is 60.5 Å². The highest BCUT2D eigenvalue weighted by molar-refractivity contribution is 7.13. The first-order valence-electron chi connectivity index (χ1n) is 9.08. The fourth-order valence-electron chi connectivity index (χ4n) is 2.85. The number of amides is 1. The molecule has 0 saturated heterocycles. The minimum Gasteiger partial charge on any atom is -0.493 e. The summed E-state index contributed by atoms with van der Waals surface area (Å²) in [6.07, 6.45) is 1.03. The van der Waals surface area contributed by atoms with Crippen LogP contribution in [-0.4, -0.2) is 25.1 Å². The summed E-state index contributed by atoms with van der Waals surface area (Å²) >= 11 is 1.61. The molecule has 1 heterocycles. The van der Waals surface area contributed by atoms with E-state index < -0.39 is 0 Å². The van der Waals surface area contributed by atoms with Crippen molar-refractivity contribution in [3.63, 3.8) is 0 Å². The van der Waals surface area contributed by atoms with Gasteiger partial charge in [-0.15, -0.1) is 11.3 Å². The van der Waals surface area contributed by atoms with Crippen molar-refractivity contribution in [1.82, 2.24) is 10.3 Å². The summed E-state index contributed by atoms with van der Waals surface area (Å²) in [7, 11) is 3.20. The molecule has 0 unspecified atom stereocenters. The molecule has 0 fully saturated rings. The number of thiazole rings is 1. The van der Waals surface area contributed by atoms with Crippen LogP contribution in [-0.2, 0) is 17.8 Å². The zero-order chi connectivity index (χ0) is 19.9. The molecule has 0 aliphatic heterocycles. The van der Waals surface area contributed by atoms with Crippen LogP contribution in [0.3, 0.4) is 0 Å². The largest absolute Gasteiger partial charge is 0.493 e. The highest BCUT2D eigenvalue weighted by Gasteiger charge is 2.09. The van der Waals surface area contributed by atoms with Gasteiger partial charge in [0.2, 0.25) is 5.91 Å². The van der Waals surface area contributed by atoms with Crippen molar-refractivity contribution in [2.24, 2.45) is 0 Å². The first-order valence-corrected chi connectivity index (χ1v) is 9.96. The number of carbonyl (C=O) groups excluding carboxylic acids is 1. The summed E-state index contributed by atoms with van der Waals surface area (Å²) < 4.78 is 10.5. The van der Waals surface area contributed by atoms with E-state index in [1.54, 1.807) is 25.6 Å². The number of hydrogen-bond acceptors (Lipinski definition) is 5. The van der Waals surface area contributed by atoms with E-state index in [4.69, 9.17) is 9.47 Å². The number of benzene rings is 2. The average molecular weight is 397 g/mol. The summed E-state index contributed by atoms with van der Waals surface area (Å²) in [6, 6.07) is 13.9. The molecule has 0 saturated carbocycles. The number of ether oxygens (including phenoxy) is 2. The number of aromatic nitrogens is 1. The molecule has 146 valence electrons. The smallest absolute Gasteiger partial charge is 0.220 e. The standard InChI is InChI=1S/C22H24N2O3S/c1-15-5-4-6-17(11-15)22-24-18(14-28-22)8-10-21(25)23-13-16-7-9-19(26-2)20(12-16)27-3/h4-7,9,11-12,14H,8,10,13H2,1-3H3,(H,23,25). The van der Waals surface area contributed by atoms with Crippen molar-refractivity contribution in [3.8, 4) is 22.1 Å². The molecule has 1 aromatic heterocycles. The molecule has 1 N–H and O–H groups in total. The van der Waals surface area contributed by atoms with Crippen molar-refractivity contribution in [2.45, 2.75) is 26.3 Å². The van der Waals surface area contributed by atoms with Crippen LogP contribution in [0.1, 0.15) is 23.2 Å². The average Bonchev–Trinajstić information content (AvgIpc) is 3.19. The molecule has 0 atom stereocenters. The second-order valence-corrected chi connectivity index (χ2v) is 7.34. The van der Waals surface area contributed by atoms with Gasteiger partial charge in [0, 0.05) is 23.9 Å². The molecule has 6 heteroatoms. The van der Waals surface area contributed by atoms with Crippen molar-refractivity contribution >= 4 is 17.2 Å². The number of methoxy groups -OCH3 is 2. The van der Waals surface area contributed by atoms with Crippen LogP contribution in [0.4, 0.5) is 0 Å². The summed E-state index contributed by atoms with van der Waals surface area (Å²) in [6.45, 7) is 2.52. The summed E-state index contributed by atoms with van der Waals surface area (Å²) in [5, 5.41) is 5.96. The molecule has 3 rings (SSSR count). The zero-order valence-corrected chi connectivity index (χ0v) is 17.1. The lowest BCUT2D eigenvalue weighted by Gasteiger charge is -2.10. The van der Waals surface area contributed by atoms with Crippen LogP contribution in [0.5, 0.6) is 11.5 Å². The number of carbonyl (C=O) groups is 1. The van der Waals surface area contributed by atoms with E-state index in [0.717, 1.165) is 21.8 Å². The van der Waals surface area contributed by atoms with Gasteiger partial charge in [0.15, 0.2) is 11.5 Å². The zero-order valence-electron chi connectivity index (χ0n) is 16.3. The quantitative estimate of drug-likeness (QED) is 0.614. The van der Waals surface area contributed by atoms with Gasteiger partial charge in [0.25, 0.3) is 0 Å². The third-order valence-corrected chi connectivity index (χ3v) is 5.30. The maximum atomic E-state index is 12.2. The molecule has 2 aromatic carbocycles. The number of nitrogens with one attached hydrogen (secondary N) is 1. The van der Waals surface area contributed by atoms with E-state index in [1.165, 1.54) is 5.56 Å². The van der Waals surface area contributed by atoms with Crippen LogP contribution >= 0.6 is 11.3 Å². The van der Waals surface area contributed by atoms with E-state index in [2.05, 4.69) is 35.4 Å². The Morgan fingerprint density at radius 2 is 1.93 bits per heavy atom. The van der Waals surface area contributed by atoms with E-state index in [1.807, 2.05) is 29.6 Å². The van der Waals surface area contributed by atoms with Crippen molar-refractivity contribution < 1.29 is 14.3 Å². The number of rotatable bonds is 8. The first kappa shape index (κ1) is 19.9. The molecule has 3 aromatic rings. The molecule has 1 amide bonds. The van der Waals surface area contributed by atoms with Gasteiger partial charge in [-0.2, -0.15) is 0 Å². The maximum absolute atomic E-state index is 12.2. The summed E-state index contributed by atoms with van der Waals surface area (Å²) in [5.41, 5.74) is 4.24.